The lowest BCUT2D eigenvalue weighted by molar-refractivity contribution is -0.132. The number of para-hydroxylation sites is 1. The minimum absolute atomic E-state index is 0. The molecule has 1 fully saturated rings. The fourth-order valence-electron chi connectivity index (χ4n) is 4.52. The molecule has 3 heterocycles. The highest BCUT2D eigenvalue weighted by molar-refractivity contribution is 7.92. The van der Waals surface area contributed by atoms with Gasteiger partial charge in [0.05, 0.1) is 15.4 Å². The summed E-state index contributed by atoms with van der Waals surface area (Å²) in [6.07, 6.45) is 6.31. The van der Waals surface area contributed by atoms with E-state index in [1.165, 1.54) is 18.6 Å². The van der Waals surface area contributed by atoms with Crippen LogP contribution in [0.15, 0.2) is 78.2 Å². The maximum Gasteiger partial charge on any atom is 0.263 e. The first-order valence-corrected chi connectivity index (χ1v) is 13.2. The van der Waals surface area contributed by atoms with E-state index in [4.69, 9.17) is 11.6 Å². The van der Waals surface area contributed by atoms with E-state index in [-0.39, 0.29) is 30.5 Å². The molecule has 1 amide bonds. The third-order valence-corrected chi connectivity index (χ3v) is 8.05. The molecule has 10 heteroatoms. The zero-order valence-electron chi connectivity index (χ0n) is 18.8. The van der Waals surface area contributed by atoms with Crippen molar-refractivity contribution in [3.8, 4) is 0 Å². The fraction of sp³-hybridized carbons (Fsp3) is 0.240. The predicted octanol–water partition coefficient (Wildman–Crippen LogP) is 4.54. The molecule has 0 aliphatic carbocycles. The van der Waals surface area contributed by atoms with E-state index in [0.29, 0.717) is 18.1 Å². The molecule has 35 heavy (non-hydrogen) atoms. The number of piperidine rings is 1. The predicted molar refractivity (Wildman–Crippen MR) is 137 cm³/mol. The molecule has 0 radical (unpaired) electrons. The number of carbonyl (C=O) groups excluding carboxylic acids is 1. The van der Waals surface area contributed by atoms with Crippen LogP contribution < -0.4 is 4.72 Å². The van der Waals surface area contributed by atoms with Gasteiger partial charge in [-0.2, -0.15) is 0 Å². The topological polar surface area (TPSA) is 97.2 Å². The van der Waals surface area contributed by atoms with Gasteiger partial charge in [0.15, 0.2) is 0 Å². The summed E-state index contributed by atoms with van der Waals surface area (Å²) < 4.78 is 29.6. The van der Waals surface area contributed by atoms with Gasteiger partial charge < -0.3 is 9.47 Å². The number of anilines is 1. The summed E-state index contributed by atoms with van der Waals surface area (Å²) in [5.74, 6) is 0.557. The first-order chi connectivity index (χ1) is 16.9. The molecule has 0 bridgehead atoms. The Morgan fingerprint density at radius 3 is 2.57 bits per heavy atom. The van der Waals surface area contributed by atoms with Crippen molar-refractivity contribution in [1.29, 1.82) is 0 Å². The number of halogens is 1. The van der Waals surface area contributed by atoms with E-state index >= 15 is 0 Å². The molecule has 4 aromatic rings. The molecule has 0 saturated carbocycles. The largest absolute Gasteiger partial charge is 0.341 e. The third kappa shape index (κ3) is 5.01. The molecule has 2 aromatic carbocycles. The van der Waals surface area contributed by atoms with E-state index in [9.17, 15) is 13.2 Å². The Labute approximate surface area is 210 Å². The van der Waals surface area contributed by atoms with Gasteiger partial charge in [-0.05, 0) is 54.7 Å². The second-order valence-corrected chi connectivity index (χ2v) is 10.6. The SMILES string of the molecule is O=C(Cn1ccc2cccc(Cl)c21)N1CCC(c2ccc(S(=O)(=O)Nc3ccncn3)cc2)CC1.[HH]. The lowest BCUT2D eigenvalue weighted by atomic mass is 9.89. The van der Waals surface area contributed by atoms with Crippen LogP contribution in [-0.2, 0) is 21.4 Å². The van der Waals surface area contributed by atoms with Crippen molar-refractivity contribution in [2.24, 2.45) is 0 Å². The van der Waals surface area contributed by atoms with Crippen LogP contribution in [0.2, 0.25) is 5.02 Å². The van der Waals surface area contributed by atoms with Crippen molar-refractivity contribution in [3.63, 3.8) is 0 Å². The summed E-state index contributed by atoms with van der Waals surface area (Å²) >= 11 is 6.35. The number of amides is 1. The third-order valence-electron chi connectivity index (χ3n) is 6.38. The van der Waals surface area contributed by atoms with Gasteiger partial charge >= 0.3 is 0 Å². The molecule has 0 spiro atoms. The monoisotopic (exact) mass is 511 g/mol. The number of hydrogen-bond donors (Lipinski definition) is 1. The van der Waals surface area contributed by atoms with Crippen molar-refractivity contribution < 1.29 is 14.6 Å². The van der Waals surface area contributed by atoms with Crippen molar-refractivity contribution in [2.45, 2.75) is 30.2 Å². The summed E-state index contributed by atoms with van der Waals surface area (Å²) in [5, 5.41) is 1.65. The van der Waals surface area contributed by atoms with Crippen LogP contribution in [0.1, 0.15) is 25.7 Å². The quantitative estimate of drug-likeness (QED) is 0.410. The minimum Gasteiger partial charge on any atom is -0.341 e. The summed E-state index contributed by atoms with van der Waals surface area (Å²) in [6, 6.07) is 16.1. The minimum atomic E-state index is -3.73. The van der Waals surface area contributed by atoms with Crippen LogP contribution >= 0.6 is 11.6 Å². The number of nitrogens with zero attached hydrogens (tertiary/aromatic N) is 4. The molecular weight excluding hydrogens is 486 g/mol. The van der Waals surface area contributed by atoms with Crippen LogP contribution in [0, 0.1) is 0 Å². The Hall–Kier alpha value is -3.43. The summed E-state index contributed by atoms with van der Waals surface area (Å²) in [4.78, 5) is 22.7. The molecule has 0 atom stereocenters. The highest BCUT2D eigenvalue weighted by atomic mass is 35.5. The van der Waals surface area contributed by atoms with E-state index < -0.39 is 10.0 Å². The standard InChI is InChI=1S/C25H24ClN5O3S.H2/c26-22-3-1-2-20-11-15-31(25(20)22)16-24(32)30-13-9-19(10-14-30)18-4-6-21(7-5-18)35(33,34)29-23-8-12-27-17-28-23;/h1-8,11-12,15,17,19H,9-10,13-14,16H2,(H,27,28,29);1H. The molecule has 1 aliphatic heterocycles. The van der Waals surface area contributed by atoms with Crippen LogP contribution in [-0.4, -0.2) is 46.8 Å². The number of benzene rings is 2. The Kier molecular flexibility index (Phi) is 6.44. The molecule has 8 nitrogen and oxygen atoms in total. The molecule has 1 saturated heterocycles. The lowest BCUT2D eigenvalue weighted by Gasteiger charge is -2.32. The van der Waals surface area contributed by atoms with Gasteiger partial charge in [-0.3, -0.25) is 9.52 Å². The fourth-order valence-corrected chi connectivity index (χ4v) is 5.82. The first-order valence-electron chi connectivity index (χ1n) is 11.3. The Bertz CT molecular complexity index is 1450. The number of hydrogen-bond acceptors (Lipinski definition) is 5. The van der Waals surface area contributed by atoms with Gasteiger partial charge in [-0.1, -0.05) is 35.9 Å². The Morgan fingerprint density at radius 2 is 1.86 bits per heavy atom. The van der Waals surface area contributed by atoms with Gasteiger partial charge in [0.2, 0.25) is 5.91 Å². The first kappa shape index (κ1) is 23.3. The van der Waals surface area contributed by atoms with Gasteiger partial charge in [0, 0.05) is 32.3 Å². The summed E-state index contributed by atoms with van der Waals surface area (Å²) in [7, 11) is -3.73. The molecule has 1 aliphatic rings. The van der Waals surface area contributed by atoms with Gasteiger partial charge in [0.1, 0.15) is 18.7 Å². The van der Waals surface area contributed by atoms with E-state index in [1.54, 1.807) is 12.1 Å². The number of carbonyl (C=O) groups is 1. The maximum atomic E-state index is 12.9. The zero-order chi connectivity index (χ0) is 24.4. The average Bonchev–Trinajstić information content (AvgIpc) is 3.28. The summed E-state index contributed by atoms with van der Waals surface area (Å²) in [6.45, 7) is 1.57. The lowest BCUT2D eigenvalue weighted by Crippen LogP contribution is -2.39. The van der Waals surface area contributed by atoms with Crippen LogP contribution in [0.3, 0.4) is 0 Å². The normalized spacial score (nSPS) is 14.8. The van der Waals surface area contributed by atoms with Gasteiger partial charge in [-0.25, -0.2) is 18.4 Å². The maximum absolute atomic E-state index is 12.9. The number of nitrogens with one attached hydrogen (secondary N) is 1. The highest BCUT2D eigenvalue weighted by Crippen LogP contribution is 2.30. The van der Waals surface area contributed by atoms with Crippen molar-refractivity contribution >= 4 is 44.3 Å². The van der Waals surface area contributed by atoms with E-state index in [0.717, 1.165) is 29.3 Å². The second-order valence-electron chi connectivity index (χ2n) is 8.55. The molecule has 5 rings (SSSR count). The molecule has 1 N–H and O–H groups in total. The number of sulfonamides is 1. The van der Waals surface area contributed by atoms with E-state index in [2.05, 4.69) is 14.7 Å². The smallest absolute Gasteiger partial charge is 0.263 e. The Morgan fingerprint density at radius 1 is 1.09 bits per heavy atom. The molecule has 2 aromatic heterocycles. The van der Waals surface area contributed by atoms with Crippen molar-refractivity contribution in [2.75, 3.05) is 17.8 Å². The number of likely N-dealkylation sites (tertiary alicyclic amines) is 1. The van der Waals surface area contributed by atoms with Crippen LogP contribution in [0.5, 0.6) is 0 Å². The molecule has 0 unspecified atom stereocenters. The zero-order valence-corrected chi connectivity index (χ0v) is 20.4. The number of rotatable bonds is 6. The molecular formula is C25H26ClN5O3S. The second kappa shape index (κ2) is 9.67. The highest BCUT2D eigenvalue weighted by Gasteiger charge is 2.25. The van der Waals surface area contributed by atoms with Crippen molar-refractivity contribution in [3.05, 3.63) is 83.9 Å². The van der Waals surface area contributed by atoms with Gasteiger partial charge in [0.25, 0.3) is 10.0 Å². The summed E-state index contributed by atoms with van der Waals surface area (Å²) in [5.41, 5.74) is 1.95. The van der Waals surface area contributed by atoms with E-state index in [1.807, 2.05) is 52.1 Å². The molecule has 182 valence electrons. The van der Waals surface area contributed by atoms with Gasteiger partial charge in [-0.15, -0.1) is 0 Å². The van der Waals surface area contributed by atoms with Crippen molar-refractivity contribution in [1.82, 2.24) is 19.4 Å². The van der Waals surface area contributed by atoms with Crippen LogP contribution in [0.25, 0.3) is 10.9 Å². The Balaban J connectivity index is 0.00000304. The van der Waals surface area contributed by atoms with Crippen LogP contribution in [0.4, 0.5) is 5.82 Å². The number of aromatic nitrogens is 3. The number of fused-ring (bicyclic) bond motifs is 1. The average molecular weight is 512 g/mol.